The Hall–Kier alpha value is 0.270. The van der Waals surface area contributed by atoms with Crippen LogP contribution in [0.3, 0.4) is 0 Å². The van der Waals surface area contributed by atoms with Crippen LogP contribution in [0.25, 0.3) is 0 Å². The second-order valence-electron chi connectivity index (χ2n) is 1.86. The van der Waals surface area contributed by atoms with E-state index in [0.29, 0.717) is 0 Å². The summed E-state index contributed by atoms with van der Waals surface area (Å²) in [5.74, 6) is 1.48. The second kappa shape index (κ2) is 6.39. The Morgan fingerprint density at radius 1 is 1.56 bits per heavy atom. The zero-order valence-corrected chi connectivity index (χ0v) is 6.52. The van der Waals surface area contributed by atoms with E-state index in [1.54, 1.807) is 11.8 Å². The summed E-state index contributed by atoms with van der Waals surface area (Å²) in [7, 11) is 0. The molecule has 0 aromatic carbocycles. The number of rotatable bonds is 5. The van der Waals surface area contributed by atoms with Crippen molar-refractivity contribution in [2.75, 3.05) is 18.1 Å². The largest absolute Gasteiger partial charge is 0.396 e. The lowest BCUT2D eigenvalue weighted by Crippen LogP contribution is -2.08. The van der Waals surface area contributed by atoms with Gasteiger partial charge in [0.05, 0.1) is 12.7 Å². The van der Waals surface area contributed by atoms with Gasteiger partial charge in [-0.1, -0.05) is 6.92 Å². The Morgan fingerprint density at radius 3 is 2.67 bits per heavy atom. The lowest BCUT2D eigenvalue weighted by Gasteiger charge is -2.04. The molecule has 0 saturated carbocycles. The molecule has 0 aromatic rings. The fourth-order valence-corrected chi connectivity index (χ4v) is 1.21. The third-order valence-electron chi connectivity index (χ3n) is 1.02. The molecule has 0 spiro atoms. The van der Waals surface area contributed by atoms with Gasteiger partial charge in [0.15, 0.2) is 0 Å². The van der Waals surface area contributed by atoms with Crippen LogP contribution in [0.1, 0.15) is 13.3 Å². The number of hydrogen-bond acceptors (Lipinski definition) is 3. The summed E-state index contributed by atoms with van der Waals surface area (Å²) >= 11 is 1.59. The van der Waals surface area contributed by atoms with Gasteiger partial charge in [-0.25, -0.2) is 0 Å². The molecule has 0 aromatic heterocycles. The Kier molecular flexibility index (Phi) is 6.58. The summed E-state index contributed by atoms with van der Waals surface area (Å²) in [5, 5.41) is 17.3. The normalized spacial score (nSPS) is 13.7. The van der Waals surface area contributed by atoms with E-state index in [1.165, 1.54) is 0 Å². The quantitative estimate of drug-likeness (QED) is 0.560. The molecule has 2 nitrogen and oxygen atoms in total. The Morgan fingerprint density at radius 2 is 2.22 bits per heavy atom. The highest BCUT2D eigenvalue weighted by Gasteiger charge is 1.98. The molecule has 0 aliphatic heterocycles. The third kappa shape index (κ3) is 6.15. The van der Waals surface area contributed by atoms with Crippen molar-refractivity contribution < 1.29 is 10.2 Å². The predicted molar refractivity (Wildman–Crippen MR) is 40.7 cm³/mol. The van der Waals surface area contributed by atoms with E-state index in [2.05, 4.69) is 0 Å². The van der Waals surface area contributed by atoms with Crippen molar-refractivity contribution in [2.24, 2.45) is 0 Å². The zero-order valence-electron chi connectivity index (χ0n) is 5.71. The highest BCUT2D eigenvalue weighted by Crippen LogP contribution is 2.03. The van der Waals surface area contributed by atoms with Crippen LogP contribution in [-0.4, -0.2) is 34.4 Å². The molecular weight excluding hydrogens is 136 g/mol. The first-order valence-electron chi connectivity index (χ1n) is 3.18. The Labute approximate surface area is 60.3 Å². The molecule has 0 aliphatic rings. The summed E-state index contributed by atoms with van der Waals surface area (Å²) in [6, 6.07) is 0. The van der Waals surface area contributed by atoms with Crippen molar-refractivity contribution >= 4 is 11.8 Å². The molecule has 0 heterocycles. The van der Waals surface area contributed by atoms with Crippen LogP contribution in [0.5, 0.6) is 0 Å². The van der Waals surface area contributed by atoms with Crippen LogP contribution in [-0.2, 0) is 0 Å². The van der Waals surface area contributed by atoms with Crippen molar-refractivity contribution in [2.45, 2.75) is 19.4 Å². The molecule has 0 unspecified atom stereocenters. The highest BCUT2D eigenvalue weighted by atomic mass is 32.2. The second-order valence-corrected chi connectivity index (χ2v) is 3.01. The summed E-state index contributed by atoms with van der Waals surface area (Å²) in [5.41, 5.74) is 0. The monoisotopic (exact) mass is 150 g/mol. The maximum atomic E-state index is 8.98. The van der Waals surface area contributed by atoms with E-state index in [0.717, 1.165) is 17.9 Å². The molecule has 56 valence electrons. The standard InChI is InChI=1S/C6H14O2S/c1-2-6(8)5-9-4-3-7/h6-8H,2-5H2,1H3/t6-/m1/s1. The molecule has 1 atom stereocenters. The topological polar surface area (TPSA) is 40.5 Å². The van der Waals surface area contributed by atoms with Crippen molar-refractivity contribution in [3.05, 3.63) is 0 Å². The molecule has 0 radical (unpaired) electrons. The van der Waals surface area contributed by atoms with E-state index in [1.807, 2.05) is 6.92 Å². The third-order valence-corrected chi connectivity index (χ3v) is 2.11. The number of hydrogen-bond donors (Lipinski definition) is 2. The number of aliphatic hydroxyl groups excluding tert-OH is 2. The first kappa shape index (κ1) is 9.27. The molecule has 0 fully saturated rings. The SMILES string of the molecule is CC[C@@H](O)CSCCO. The molecule has 2 N–H and O–H groups in total. The van der Waals surface area contributed by atoms with Crippen molar-refractivity contribution in [3.63, 3.8) is 0 Å². The van der Waals surface area contributed by atoms with Crippen molar-refractivity contribution in [1.82, 2.24) is 0 Å². The smallest absolute Gasteiger partial charge is 0.0628 e. The van der Waals surface area contributed by atoms with Gasteiger partial charge in [-0.3, -0.25) is 0 Å². The average Bonchev–Trinajstić information content (AvgIpc) is 1.89. The molecule has 0 bridgehead atoms. The minimum Gasteiger partial charge on any atom is -0.396 e. The Balaban J connectivity index is 2.88. The average molecular weight is 150 g/mol. The van der Waals surface area contributed by atoms with E-state index in [9.17, 15) is 0 Å². The van der Waals surface area contributed by atoms with E-state index < -0.39 is 0 Å². The first-order valence-corrected chi connectivity index (χ1v) is 4.33. The van der Waals surface area contributed by atoms with E-state index in [4.69, 9.17) is 10.2 Å². The first-order chi connectivity index (χ1) is 4.31. The molecular formula is C6H14O2S. The van der Waals surface area contributed by atoms with Crippen LogP contribution in [0.4, 0.5) is 0 Å². The molecule has 0 amide bonds. The molecule has 9 heavy (non-hydrogen) atoms. The number of aliphatic hydroxyl groups is 2. The predicted octanol–water partition coefficient (Wildman–Crippen LogP) is 0.483. The van der Waals surface area contributed by atoms with Crippen LogP contribution in [0.2, 0.25) is 0 Å². The Bertz CT molecular complexity index is 59.0. The van der Waals surface area contributed by atoms with Gasteiger partial charge in [0.2, 0.25) is 0 Å². The van der Waals surface area contributed by atoms with Gasteiger partial charge in [0, 0.05) is 11.5 Å². The summed E-state index contributed by atoms with van der Waals surface area (Å²) in [6.07, 6.45) is 0.611. The van der Waals surface area contributed by atoms with Crippen LogP contribution in [0, 0.1) is 0 Å². The van der Waals surface area contributed by atoms with E-state index in [-0.39, 0.29) is 12.7 Å². The molecule has 3 heteroatoms. The lowest BCUT2D eigenvalue weighted by atomic mass is 10.3. The minimum atomic E-state index is -0.193. The highest BCUT2D eigenvalue weighted by molar-refractivity contribution is 7.99. The molecule has 0 aliphatic carbocycles. The minimum absolute atomic E-state index is 0.193. The maximum absolute atomic E-state index is 8.98. The maximum Gasteiger partial charge on any atom is 0.0628 e. The van der Waals surface area contributed by atoms with Crippen LogP contribution >= 0.6 is 11.8 Å². The van der Waals surface area contributed by atoms with Gasteiger partial charge in [0.25, 0.3) is 0 Å². The fraction of sp³-hybridized carbons (Fsp3) is 1.00. The van der Waals surface area contributed by atoms with Crippen LogP contribution < -0.4 is 0 Å². The van der Waals surface area contributed by atoms with Gasteiger partial charge < -0.3 is 10.2 Å². The summed E-state index contributed by atoms with van der Waals surface area (Å²) in [4.78, 5) is 0. The lowest BCUT2D eigenvalue weighted by molar-refractivity contribution is 0.195. The fourth-order valence-electron chi connectivity index (χ4n) is 0.402. The van der Waals surface area contributed by atoms with Crippen LogP contribution in [0.15, 0.2) is 0 Å². The zero-order chi connectivity index (χ0) is 7.11. The van der Waals surface area contributed by atoms with Crippen molar-refractivity contribution in [1.29, 1.82) is 0 Å². The van der Waals surface area contributed by atoms with E-state index >= 15 is 0 Å². The number of thioether (sulfide) groups is 1. The van der Waals surface area contributed by atoms with Gasteiger partial charge >= 0.3 is 0 Å². The molecule has 0 saturated heterocycles. The van der Waals surface area contributed by atoms with Gasteiger partial charge in [-0.2, -0.15) is 11.8 Å². The summed E-state index contributed by atoms with van der Waals surface area (Å²) < 4.78 is 0. The van der Waals surface area contributed by atoms with Crippen molar-refractivity contribution in [3.8, 4) is 0 Å². The van der Waals surface area contributed by atoms with Gasteiger partial charge in [-0.15, -0.1) is 0 Å². The van der Waals surface area contributed by atoms with Gasteiger partial charge in [0.1, 0.15) is 0 Å². The molecule has 0 rings (SSSR count). The summed E-state index contributed by atoms with van der Waals surface area (Å²) in [6.45, 7) is 2.16. The van der Waals surface area contributed by atoms with Gasteiger partial charge in [-0.05, 0) is 6.42 Å².